The van der Waals surface area contributed by atoms with Crippen molar-refractivity contribution in [2.45, 2.75) is 155 Å². The Bertz CT molecular complexity index is 1860. The van der Waals surface area contributed by atoms with Gasteiger partial charge in [-0.2, -0.15) is 0 Å². The summed E-state index contributed by atoms with van der Waals surface area (Å²) in [6.07, 6.45) is 4.72. The van der Waals surface area contributed by atoms with E-state index >= 15 is 0 Å². The number of nitrogens with zero attached hydrogens (tertiary/aromatic N) is 1. The van der Waals surface area contributed by atoms with Gasteiger partial charge in [-0.3, -0.25) is 0 Å². The molecule has 0 atom stereocenters. The van der Waals surface area contributed by atoms with Crippen molar-refractivity contribution in [3.63, 3.8) is 0 Å². The van der Waals surface area contributed by atoms with Gasteiger partial charge >= 0.3 is 0 Å². The second-order valence-corrected chi connectivity index (χ2v) is 20.8. The van der Waals surface area contributed by atoms with Crippen molar-refractivity contribution in [1.82, 2.24) is 0 Å². The first-order valence-electron chi connectivity index (χ1n) is 19.2. The molecular formula is C48H63ClN2. The number of benzene rings is 4. The standard InChI is InChI=1S/C48H63ClN2/c1-43(2,3)31-15-17-33(18-16-31)50-40-27-32(44(4,5)6)28-41(42(40)49)51(34-19-21-36-38(29-34)47(11,12)25-23-45(36,7)8)35-20-22-37-39(30-35)48(13,14)26-24-46(37,9)10/h15-22,27-30,50H,23-26H2,1-14H3. The van der Waals surface area contributed by atoms with E-state index in [0.29, 0.717) is 0 Å². The summed E-state index contributed by atoms with van der Waals surface area (Å²) in [7, 11) is 0. The molecule has 1 N–H and O–H groups in total. The molecule has 0 fully saturated rings. The van der Waals surface area contributed by atoms with E-state index in [1.807, 2.05) is 0 Å². The molecular weight excluding hydrogens is 640 g/mol. The van der Waals surface area contributed by atoms with Crippen LogP contribution in [0.3, 0.4) is 0 Å². The molecule has 4 aromatic rings. The summed E-state index contributed by atoms with van der Waals surface area (Å²) in [5.41, 5.74) is 14.1. The maximum atomic E-state index is 7.66. The summed E-state index contributed by atoms with van der Waals surface area (Å²) in [4.78, 5) is 2.45. The molecule has 0 heterocycles. The van der Waals surface area contributed by atoms with Crippen LogP contribution in [0.15, 0.2) is 72.8 Å². The topological polar surface area (TPSA) is 15.3 Å². The molecule has 3 heteroatoms. The third-order valence-electron chi connectivity index (χ3n) is 12.4. The molecule has 0 aromatic heterocycles. The van der Waals surface area contributed by atoms with Crippen LogP contribution >= 0.6 is 11.6 Å². The second-order valence-electron chi connectivity index (χ2n) is 20.4. The Balaban J connectivity index is 1.61. The Morgan fingerprint density at radius 2 is 0.922 bits per heavy atom. The SMILES string of the molecule is CC(C)(C)c1ccc(Nc2cc(C(C)(C)C)cc(N(c3ccc4c(c3)C(C)(C)CCC4(C)C)c3ccc4c(c3)C(C)(C)CCC4(C)C)c2Cl)cc1. The quantitative estimate of drug-likeness (QED) is 0.223. The zero-order valence-corrected chi connectivity index (χ0v) is 34.8. The van der Waals surface area contributed by atoms with E-state index in [1.54, 1.807) is 0 Å². The van der Waals surface area contributed by atoms with Crippen LogP contribution in [0.25, 0.3) is 0 Å². The highest BCUT2D eigenvalue weighted by atomic mass is 35.5. The number of halogens is 1. The zero-order valence-electron chi connectivity index (χ0n) is 34.1. The lowest BCUT2D eigenvalue weighted by molar-refractivity contribution is 0.332. The molecule has 0 aliphatic heterocycles. The van der Waals surface area contributed by atoms with Crippen LogP contribution in [0.1, 0.15) is 156 Å². The minimum atomic E-state index is -0.0960. The zero-order chi connectivity index (χ0) is 37.5. The third-order valence-corrected chi connectivity index (χ3v) is 12.8. The average Bonchev–Trinajstić information content (AvgIpc) is 3.03. The van der Waals surface area contributed by atoms with Crippen LogP contribution in [0.5, 0.6) is 0 Å². The van der Waals surface area contributed by atoms with Crippen LogP contribution in [0, 0.1) is 0 Å². The van der Waals surface area contributed by atoms with E-state index in [0.717, 1.165) is 33.5 Å². The summed E-state index contributed by atoms with van der Waals surface area (Å²) in [5, 5.41) is 4.47. The molecule has 0 amide bonds. The second kappa shape index (κ2) is 12.4. The van der Waals surface area contributed by atoms with Crippen LogP contribution < -0.4 is 10.2 Å². The molecule has 0 bridgehead atoms. The Morgan fingerprint density at radius 1 is 0.510 bits per heavy atom. The van der Waals surface area contributed by atoms with Crippen molar-refractivity contribution in [1.29, 1.82) is 0 Å². The van der Waals surface area contributed by atoms with Gasteiger partial charge in [0, 0.05) is 17.1 Å². The molecule has 0 spiro atoms. The third kappa shape index (κ3) is 7.12. The van der Waals surface area contributed by atoms with Crippen molar-refractivity contribution >= 4 is 40.0 Å². The lowest BCUT2D eigenvalue weighted by atomic mass is 9.63. The molecule has 6 rings (SSSR count). The van der Waals surface area contributed by atoms with E-state index < -0.39 is 0 Å². The lowest BCUT2D eigenvalue weighted by Gasteiger charge is -2.43. The summed E-state index contributed by atoms with van der Waals surface area (Å²) in [5.74, 6) is 0. The highest BCUT2D eigenvalue weighted by molar-refractivity contribution is 6.36. The first-order chi connectivity index (χ1) is 23.4. The minimum absolute atomic E-state index is 0.0807. The molecule has 0 saturated carbocycles. The first kappa shape index (κ1) is 37.5. The van der Waals surface area contributed by atoms with Crippen LogP contribution in [0.4, 0.5) is 28.4 Å². The molecule has 2 nitrogen and oxygen atoms in total. The lowest BCUT2D eigenvalue weighted by Crippen LogP contribution is -2.34. The van der Waals surface area contributed by atoms with Crippen LogP contribution in [0.2, 0.25) is 5.02 Å². The van der Waals surface area contributed by atoms with Crippen LogP contribution in [-0.4, -0.2) is 0 Å². The van der Waals surface area contributed by atoms with Crippen LogP contribution in [-0.2, 0) is 32.5 Å². The molecule has 2 aliphatic rings. The number of nitrogens with one attached hydrogen (secondary N) is 1. The predicted molar refractivity (Wildman–Crippen MR) is 224 cm³/mol. The molecule has 51 heavy (non-hydrogen) atoms. The molecule has 272 valence electrons. The molecule has 0 unspecified atom stereocenters. The highest BCUT2D eigenvalue weighted by Gasteiger charge is 2.39. The Labute approximate surface area is 315 Å². The van der Waals surface area contributed by atoms with Gasteiger partial charge in [0.15, 0.2) is 0 Å². The Hall–Kier alpha value is -3.23. The number of rotatable bonds is 5. The number of hydrogen-bond acceptors (Lipinski definition) is 2. The Morgan fingerprint density at radius 3 is 1.33 bits per heavy atom. The number of fused-ring (bicyclic) bond motifs is 2. The summed E-state index contributed by atoms with van der Waals surface area (Å²) in [6.45, 7) is 32.9. The van der Waals surface area contributed by atoms with Gasteiger partial charge in [0.05, 0.1) is 16.4 Å². The van der Waals surface area contributed by atoms with Gasteiger partial charge in [-0.05, 0) is 140 Å². The van der Waals surface area contributed by atoms with E-state index in [9.17, 15) is 0 Å². The van der Waals surface area contributed by atoms with E-state index in [-0.39, 0.29) is 32.5 Å². The number of anilines is 5. The molecule has 4 aromatic carbocycles. The van der Waals surface area contributed by atoms with Gasteiger partial charge in [0.2, 0.25) is 0 Å². The van der Waals surface area contributed by atoms with Gasteiger partial charge in [-0.15, -0.1) is 0 Å². The summed E-state index contributed by atoms with van der Waals surface area (Å²) >= 11 is 7.66. The van der Waals surface area contributed by atoms with Gasteiger partial charge in [0.25, 0.3) is 0 Å². The van der Waals surface area contributed by atoms with E-state index in [2.05, 4.69) is 180 Å². The van der Waals surface area contributed by atoms with Crippen molar-refractivity contribution in [2.75, 3.05) is 10.2 Å². The van der Waals surface area contributed by atoms with Crippen molar-refractivity contribution in [3.8, 4) is 0 Å². The minimum Gasteiger partial charge on any atom is -0.354 e. The van der Waals surface area contributed by atoms with Crippen molar-refractivity contribution < 1.29 is 0 Å². The molecule has 0 radical (unpaired) electrons. The fourth-order valence-corrected chi connectivity index (χ4v) is 8.60. The van der Waals surface area contributed by atoms with Crippen molar-refractivity contribution in [2.24, 2.45) is 0 Å². The predicted octanol–water partition coefficient (Wildman–Crippen LogP) is 14.8. The molecule has 0 saturated heterocycles. The highest BCUT2D eigenvalue weighted by Crippen LogP contribution is 2.52. The first-order valence-corrected chi connectivity index (χ1v) is 19.6. The number of hydrogen-bond donors (Lipinski definition) is 1. The smallest absolute Gasteiger partial charge is 0.0881 e. The van der Waals surface area contributed by atoms with Crippen molar-refractivity contribution in [3.05, 3.63) is 111 Å². The maximum Gasteiger partial charge on any atom is 0.0881 e. The fraction of sp³-hybridized carbons (Fsp3) is 0.500. The largest absolute Gasteiger partial charge is 0.354 e. The van der Waals surface area contributed by atoms with E-state index in [4.69, 9.17) is 11.6 Å². The normalized spacial score (nSPS) is 18.8. The van der Waals surface area contributed by atoms with Gasteiger partial charge < -0.3 is 10.2 Å². The fourth-order valence-electron chi connectivity index (χ4n) is 8.36. The Kier molecular flexibility index (Phi) is 9.15. The van der Waals surface area contributed by atoms with E-state index in [1.165, 1.54) is 59.1 Å². The summed E-state index contributed by atoms with van der Waals surface area (Å²) in [6, 6.07) is 27.8. The molecule has 2 aliphatic carbocycles. The van der Waals surface area contributed by atoms with Gasteiger partial charge in [-0.25, -0.2) is 0 Å². The maximum absolute atomic E-state index is 7.66. The summed E-state index contributed by atoms with van der Waals surface area (Å²) < 4.78 is 0. The monoisotopic (exact) mass is 702 g/mol. The van der Waals surface area contributed by atoms with Gasteiger partial charge in [-0.1, -0.05) is 133 Å². The average molecular weight is 703 g/mol. The van der Waals surface area contributed by atoms with Gasteiger partial charge in [0.1, 0.15) is 0 Å².